The fourth-order valence-corrected chi connectivity index (χ4v) is 2.71. The van der Waals surface area contributed by atoms with Crippen LogP contribution in [0.3, 0.4) is 0 Å². The van der Waals surface area contributed by atoms with Crippen molar-refractivity contribution in [1.29, 1.82) is 0 Å². The number of hydrogen-bond donors (Lipinski definition) is 1. The SMILES string of the molecule is CCCCCCCCOc1ccc(Br)c(CC(N)CC)c1. The van der Waals surface area contributed by atoms with Crippen LogP contribution < -0.4 is 10.5 Å². The summed E-state index contributed by atoms with van der Waals surface area (Å²) in [5.41, 5.74) is 7.28. The molecule has 0 saturated heterocycles. The summed E-state index contributed by atoms with van der Waals surface area (Å²) in [7, 11) is 0. The van der Waals surface area contributed by atoms with Gasteiger partial charge in [-0.1, -0.05) is 61.9 Å². The molecule has 1 atom stereocenters. The summed E-state index contributed by atoms with van der Waals surface area (Å²) >= 11 is 3.59. The summed E-state index contributed by atoms with van der Waals surface area (Å²) in [6, 6.07) is 6.43. The van der Waals surface area contributed by atoms with Gasteiger partial charge in [0, 0.05) is 10.5 Å². The number of benzene rings is 1. The minimum Gasteiger partial charge on any atom is -0.494 e. The molecule has 3 heteroatoms. The lowest BCUT2D eigenvalue weighted by Gasteiger charge is -2.13. The molecule has 0 aliphatic rings. The third kappa shape index (κ3) is 7.87. The van der Waals surface area contributed by atoms with Crippen LogP contribution in [0.15, 0.2) is 22.7 Å². The molecule has 2 nitrogen and oxygen atoms in total. The molecular weight excluding hydrogens is 326 g/mol. The topological polar surface area (TPSA) is 35.2 Å². The summed E-state index contributed by atoms with van der Waals surface area (Å²) in [5.74, 6) is 0.963. The molecule has 1 aromatic carbocycles. The summed E-state index contributed by atoms with van der Waals surface area (Å²) in [4.78, 5) is 0. The van der Waals surface area contributed by atoms with Gasteiger partial charge in [0.1, 0.15) is 5.75 Å². The van der Waals surface area contributed by atoms with E-state index < -0.39 is 0 Å². The van der Waals surface area contributed by atoms with Gasteiger partial charge in [0.25, 0.3) is 0 Å². The Balaban J connectivity index is 2.33. The zero-order chi connectivity index (χ0) is 15.5. The van der Waals surface area contributed by atoms with Crippen molar-refractivity contribution < 1.29 is 4.74 Å². The molecule has 120 valence electrons. The predicted octanol–water partition coefficient (Wildman–Crippen LogP) is 5.47. The highest BCUT2D eigenvalue weighted by atomic mass is 79.9. The summed E-state index contributed by atoms with van der Waals surface area (Å²) < 4.78 is 6.99. The van der Waals surface area contributed by atoms with Crippen LogP contribution in [0, 0.1) is 0 Å². The van der Waals surface area contributed by atoms with Crippen molar-refractivity contribution in [2.75, 3.05) is 6.61 Å². The van der Waals surface area contributed by atoms with Gasteiger partial charge in [0.05, 0.1) is 6.61 Å². The predicted molar refractivity (Wildman–Crippen MR) is 95.0 cm³/mol. The highest BCUT2D eigenvalue weighted by Crippen LogP contribution is 2.24. The monoisotopic (exact) mass is 355 g/mol. The van der Waals surface area contributed by atoms with E-state index in [-0.39, 0.29) is 6.04 Å². The Morgan fingerprint density at radius 3 is 2.52 bits per heavy atom. The molecule has 0 aliphatic carbocycles. The first kappa shape index (κ1) is 18.5. The number of unbranched alkanes of at least 4 members (excludes halogenated alkanes) is 5. The maximum absolute atomic E-state index is 6.04. The summed E-state index contributed by atoms with van der Waals surface area (Å²) in [6.07, 6.45) is 9.64. The van der Waals surface area contributed by atoms with Crippen molar-refractivity contribution in [2.24, 2.45) is 5.73 Å². The van der Waals surface area contributed by atoms with E-state index in [0.717, 1.165) is 36.1 Å². The minimum atomic E-state index is 0.218. The number of ether oxygens (including phenoxy) is 1. The van der Waals surface area contributed by atoms with Crippen LogP contribution in [0.5, 0.6) is 5.75 Å². The Labute approximate surface area is 138 Å². The van der Waals surface area contributed by atoms with Gasteiger partial charge in [0.2, 0.25) is 0 Å². The molecule has 0 aromatic heterocycles. The molecule has 0 radical (unpaired) electrons. The maximum Gasteiger partial charge on any atom is 0.119 e. The van der Waals surface area contributed by atoms with Gasteiger partial charge in [-0.3, -0.25) is 0 Å². The van der Waals surface area contributed by atoms with Crippen molar-refractivity contribution >= 4 is 15.9 Å². The van der Waals surface area contributed by atoms with E-state index in [1.807, 2.05) is 6.07 Å². The molecule has 1 unspecified atom stereocenters. The molecule has 2 N–H and O–H groups in total. The van der Waals surface area contributed by atoms with Crippen LogP contribution in [-0.2, 0) is 6.42 Å². The molecular formula is C18H30BrNO. The van der Waals surface area contributed by atoms with Crippen LogP contribution in [0.25, 0.3) is 0 Å². The Kier molecular flexibility index (Phi) is 9.77. The molecule has 1 aromatic rings. The minimum absolute atomic E-state index is 0.218. The first-order valence-corrected chi connectivity index (χ1v) is 9.13. The van der Waals surface area contributed by atoms with E-state index in [4.69, 9.17) is 10.5 Å². The fourth-order valence-electron chi connectivity index (χ4n) is 2.30. The normalized spacial score (nSPS) is 12.4. The molecule has 0 spiro atoms. The zero-order valence-electron chi connectivity index (χ0n) is 13.5. The number of halogens is 1. The first-order valence-electron chi connectivity index (χ1n) is 8.34. The largest absolute Gasteiger partial charge is 0.494 e. The van der Waals surface area contributed by atoms with Crippen molar-refractivity contribution in [2.45, 2.75) is 71.3 Å². The van der Waals surface area contributed by atoms with Crippen LogP contribution >= 0.6 is 15.9 Å². The lowest BCUT2D eigenvalue weighted by molar-refractivity contribution is 0.304. The second-order valence-electron chi connectivity index (χ2n) is 5.74. The van der Waals surface area contributed by atoms with Crippen LogP contribution in [0.2, 0.25) is 0 Å². The van der Waals surface area contributed by atoms with Crippen LogP contribution in [0.4, 0.5) is 0 Å². The van der Waals surface area contributed by atoms with Crippen molar-refractivity contribution in [3.05, 3.63) is 28.2 Å². The van der Waals surface area contributed by atoms with Gasteiger partial charge in [0.15, 0.2) is 0 Å². The second-order valence-corrected chi connectivity index (χ2v) is 6.60. The molecule has 0 bridgehead atoms. The van der Waals surface area contributed by atoms with Crippen molar-refractivity contribution in [3.63, 3.8) is 0 Å². The molecule has 0 aliphatic heterocycles. The average molecular weight is 356 g/mol. The van der Waals surface area contributed by atoms with Gasteiger partial charge in [-0.15, -0.1) is 0 Å². The quantitative estimate of drug-likeness (QED) is 0.534. The van der Waals surface area contributed by atoms with E-state index in [0.29, 0.717) is 0 Å². The number of rotatable bonds is 11. The molecule has 21 heavy (non-hydrogen) atoms. The van der Waals surface area contributed by atoms with E-state index in [2.05, 4.69) is 41.9 Å². The third-order valence-corrected chi connectivity index (χ3v) is 4.56. The Bertz CT molecular complexity index is 395. The summed E-state index contributed by atoms with van der Waals surface area (Å²) in [6.45, 7) is 5.18. The fraction of sp³-hybridized carbons (Fsp3) is 0.667. The standard InChI is InChI=1S/C18H30BrNO/c1-3-5-6-7-8-9-12-21-17-10-11-18(19)15(14-17)13-16(20)4-2/h10-11,14,16H,3-9,12-13,20H2,1-2H3. The van der Waals surface area contributed by atoms with Gasteiger partial charge in [-0.25, -0.2) is 0 Å². The third-order valence-electron chi connectivity index (χ3n) is 3.79. The van der Waals surface area contributed by atoms with Gasteiger partial charge in [-0.2, -0.15) is 0 Å². The molecule has 0 heterocycles. The average Bonchev–Trinajstić information content (AvgIpc) is 2.49. The molecule has 1 rings (SSSR count). The van der Waals surface area contributed by atoms with E-state index in [1.54, 1.807) is 0 Å². The summed E-state index contributed by atoms with van der Waals surface area (Å²) in [5, 5.41) is 0. The smallest absolute Gasteiger partial charge is 0.119 e. The molecule has 0 amide bonds. The highest BCUT2D eigenvalue weighted by Gasteiger charge is 2.07. The second kappa shape index (κ2) is 11.1. The Morgan fingerprint density at radius 2 is 1.81 bits per heavy atom. The van der Waals surface area contributed by atoms with Gasteiger partial charge < -0.3 is 10.5 Å². The Hall–Kier alpha value is -0.540. The van der Waals surface area contributed by atoms with E-state index in [9.17, 15) is 0 Å². The highest BCUT2D eigenvalue weighted by molar-refractivity contribution is 9.10. The van der Waals surface area contributed by atoms with Crippen LogP contribution in [0.1, 0.15) is 64.4 Å². The van der Waals surface area contributed by atoms with Crippen molar-refractivity contribution in [1.82, 2.24) is 0 Å². The lowest BCUT2D eigenvalue weighted by Crippen LogP contribution is -2.21. The van der Waals surface area contributed by atoms with Gasteiger partial charge >= 0.3 is 0 Å². The Morgan fingerprint density at radius 1 is 1.10 bits per heavy atom. The van der Waals surface area contributed by atoms with Crippen molar-refractivity contribution in [3.8, 4) is 5.75 Å². The maximum atomic E-state index is 6.04. The number of nitrogens with two attached hydrogens (primary N) is 1. The van der Waals surface area contributed by atoms with Crippen LogP contribution in [-0.4, -0.2) is 12.6 Å². The van der Waals surface area contributed by atoms with Gasteiger partial charge in [-0.05, 0) is 43.0 Å². The molecule has 0 saturated carbocycles. The zero-order valence-corrected chi connectivity index (χ0v) is 15.1. The van der Waals surface area contributed by atoms with E-state index >= 15 is 0 Å². The number of hydrogen-bond acceptors (Lipinski definition) is 2. The first-order chi connectivity index (χ1) is 10.2. The van der Waals surface area contributed by atoms with E-state index in [1.165, 1.54) is 37.7 Å². The molecule has 0 fully saturated rings. The lowest BCUT2D eigenvalue weighted by atomic mass is 10.0.